The van der Waals surface area contributed by atoms with Gasteiger partial charge in [-0.1, -0.05) is 5.21 Å². The normalized spacial score (nSPS) is 18.2. The summed E-state index contributed by atoms with van der Waals surface area (Å²) in [5.41, 5.74) is 3.76. The lowest BCUT2D eigenvalue weighted by molar-refractivity contribution is -0.136. The van der Waals surface area contributed by atoms with Crippen molar-refractivity contribution in [2.75, 3.05) is 7.11 Å². The number of hydrogen-bond donors (Lipinski definition) is 1. The molecule has 1 saturated heterocycles. The van der Waals surface area contributed by atoms with Crippen LogP contribution < -0.4 is 10.1 Å². The Morgan fingerprint density at radius 1 is 1.10 bits per heavy atom. The Hall–Kier alpha value is -4.01. The van der Waals surface area contributed by atoms with E-state index in [1.54, 1.807) is 23.9 Å². The van der Waals surface area contributed by atoms with Crippen molar-refractivity contribution < 1.29 is 19.1 Å². The molecule has 1 fully saturated rings. The number of carbonyl (C=O) groups excluding carboxylic acids is 3. The van der Waals surface area contributed by atoms with Gasteiger partial charge in [0.15, 0.2) is 0 Å². The van der Waals surface area contributed by atoms with Crippen LogP contribution in [-0.4, -0.2) is 50.8 Å². The minimum absolute atomic E-state index is 0.200. The number of amides is 3. The number of hydrogen-bond acceptors (Lipinski definition) is 6. The van der Waals surface area contributed by atoms with E-state index in [-0.39, 0.29) is 18.2 Å². The average Bonchev–Trinajstić information content (AvgIpc) is 3.39. The van der Waals surface area contributed by atoms with Gasteiger partial charge in [0.05, 0.1) is 19.0 Å². The molecular formula is C22H19N5O4. The first-order chi connectivity index (χ1) is 15.0. The van der Waals surface area contributed by atoms with E-state index in [9.17, 15) is 14.4 Å². The zero-order chi connectivity index (χ0) is 21.5. The predicted octanol–water partition coefficient (Wildman–Crippen LogP) is 1.70. The van der Waals surface area contributed by atoms with E-state index in [1.165, 1.54) is 4.90 Å². The number of ether oxygens (including phenoxy) is 1. The van der Waals surface area contributed by atoms with Crippen molar-refractivity contribution in [1.82, 2.24) is 25.2 Å². The van der Waals surface area contributed by atoms with Crippen LogP contribution in [0, 0.1) is 0 Å². The number of nitrogens with one attached hydrogen (secondary N) is 1. The quantitative estimate of drug-likeness (QED) is 0.648. The van der Waals surface area contributed by atoms with E-state index in [0.29, 0.717) is 24.2 Å². The van der Waals surface area contributed by atoms with Gasteiger partial charge in [-0.25, -0.2) is 4.68 Å². The van der Waals surface area contributed by atoms with Crippen LogP contribution in [0.4, 0.5) is 0 Å². The van der Waals surface area contributed by atoms with Crippen LogP contribution in [-0.2, 0) is 16.1 Å². The summed E-state index contributed by atoms with van der Waals surface area (Å²) < 4.78 is 6.83. The maximum Gasteiger partial charge on any atom is 0.255 e. The van der Waals surface area contributed by atoms with E-state index < -0.39 is 11.9 Å². The monoisotopic (exact) mass is 417 g/mol. The highest BCUT2D eigenvalue weighted by Crippen LogP contribution is 2.29. The molecule has 0 radical (unpaired) electrons. The summed E-state index contributed by atoms with van der Waals surface area (Å²) in [6.45, 7) is 0.314. The van der Waals surface area contributed by atoms with Crippen molar-refractivity contribution in [2.24, 2.45) is 0 Å². The third kappa shape index (κ3) is 3.33. The van der Waals surface area contributed by atoms with E-state index >= 15 is 0 Å². The fourth-order valence-corrected chi connectivity index (χ4v) is 3.99. The van der Waals surface area contributed by atoms with Crippen LogP contribution in [0.5, 0.6) is 5.75 Å². The van der Waals surface area contributed by atoms with Crippen molar-refractivity contribution in [3.63, 3.8) is 0 Å². The molecule has 0 spiro atoms. The highest BCUT2D eigenvalue weighted by atomic mass is 16.5. The molecule has 1 atom stereocenters. The molecular weight excluding hydrogens is 398 g/mol. The Balaban J connectivity index is 1.39. The van der Waals surface area contributed by atoms with Gasteiger partial charge in [0.2, 0.25) is 11.8 Å². The van der Waals surface area contributed by atoms with Crippen LogP contribution in [0.25, 0.3) is 16.9 Å². The fourth-order valence-electron chi connectivity index (χ4n) is 3.99. The zero-order valence-corrected chi connectivity index (χ0v) is 16.7. The number of rotatable bonds is 4. The minimum atomic E-state index is -0.630. The summed E-state index contributed by atoms with van der Waals surface area (Å²) in [6, 6.07) is 12.3. The molecule has 3 heterocycles. The average molecular weight is 417 g/mol. The number of methoxy groups -OCH3 is 1. The lowest BCUT2D eigenvalue weighted by Crippen LogP contribution is -2.52. The molecule has 3 aromatic rings. The van der Waals surface area contributed by atoms with Gasteiger partial charge in [-0.3, -0.25) is 19.7 Å². The zero-order valence-electron chi connectivity index (χ0n) is 16.7. The Kier molecular flexibility index (Phi) is 4.50. The number of carbonyl (C=O) groups is 3. The second kappa shape index (κ2) is 7.35. The van der Waals surface area contributed by atoms with Crippen molar-refractivity contribution >= 4 is 17.7 Å². The van der Waals surface area contributed by atoms with Gasteiger partial charge < -0.3 is 9.64 Å². The number of aromatic nitrogens is 3. The third-order valence-electron chi connectivity index (χ3n) is 5.65. The molecule has 3 amide bonds. The van der Waals surface area contributed by atoms with Crippen molar-refractivity contribution in [2.45, 2.75) is 25.4 Å². The summed E-state index contributed by atoms with van der Waals surface area (Å²) in [4.78, 5) is 38.0. The first-order valence-corrected chi connectivity index (χ1v) is 9.88. The lowest BCUT2D eigenvalue weighted by atomic mass is 10.0. The first-order valence-electron chi connectivity index (χ1n) is 9.88. The molecule has 9 nitrogen and oxygen atoms in total. The van der Waals surface area contributed by atoms with Crippen LogP contribution in [0.2, 0.25) is 0 Å². The van der Waals surface area contributed by atoms with Crippen LogP contribution >= 0.6 is 0 Å². The maximum absolute atomic E-state index is 12.8. The predicted molar refractivity (Wildman–Crippen MR) is 109 cm³/mol. The Morgan fingerprint density at radius 2 is 1.90 bits per heavy atom. The highest BCUT2D eigenvalue weighted by Gasteiger charge is 2.39. The van der Waals surface area contributed by atoms with Gasteiger partial charge >= 0.3 is 0 Å². The molecule has 2 aromatic carbocycles. The molecule has 0 bridgehead atoms. The number of imide groups is 1. The van der Waals surface area contributed by atoms with E-state index in [2.05, 4.69) is 15.6 Å². The van der Waals surface area contributed by atoms with Gasteiger partial charge in [-0.05, 0) is 54.4 Å². The topological polar surface area (TPSA) is 106 Å². The summed E-state index contributed by atoms with van der Waals surface area (Å²) in [7, 11) is 1.62. The second-order valence-corrected chi connectivity index (χ2v) is 7.52. The minimum Gasteiger partial charge on any atom is -0.497 e. The summed E-state index contributed by atoms with van der Waals surface area (Å²) in [5.74, 6) is -0.154. The molecule has 1 unspecified atom stereocenters. The van der Waals surface area contributed by atoms with Crippen molar-refractivity contribution in [3.8, 4) is 22.7 Å². The van der Waals surface area contributed by atoms with E-state index in [0.717, 1.165) is 22.6 Å². The summed E-state index contributed by atoms with van der Waals surface area (Å²) in [5, 5.41) is 10.8. The molecule has 5 rings (SSSR count). The molecule has 9 heteroatoms. The molecule has 2 aliphatic heterocycles. The van der Waals surface area contributed by atoms with Crippen molar-refractivity contribution in [1.29, 1.82) is 0 Å². The molecule has 0 saturated carbocycles. The third-order valence-corrected chi connectivity index (χ3v) is 5.65. The molecule has 1 aromatic heterocycles. The largest absolute Gasteiger partial charge is 0.497 e. The first kappa shape index (κ1) is 19.0. The smallest absolute Gasteiger partial charge is 0.255 e. The fraction of sp³-hybridized carbons (Fsp3) is 0.227. The van der Waals surface area contributed by atoms with Gasteiger partial charge in [-0.15, -0.1) is 5.10 Å². The summed E-state index contributed by atoms with van der Waals surface area (Å²) in [6.07, 6.45) is 2.39. The SMILES string of the molecule is COc1ccc(-c2cn(-c3ccc4c(c3)CN(C3CCC(=O)NC3=O)C4=O)nn2)cc1. The highest BCUT2D eigenvalue weighted by molar-refractivity contribution is 6.05. The van der Waals surface area contributed by atoms with Gasteiger partial charge in [-0.2, -0.15) is 0 Å². The Morgan fingerprint density at radius 3 is 2.65 bits per heavy atom. The van der Waals surface area contributed by atoms with Crippen LogP contribution in [0.15, 0.2) is 48.7 Å². The number of piperidine rings is 1. The van der Waals surface area contributed by atoms with Gasteiger partial charge in [0.1, 0.15) is 17.5 Å². The van der Waals surface area contributed by atoms with Crippen molar-refractivity contribution in [3.05, 3.63) is 59.8 Å². The lowest BCUT2D eigenvalue weighted by Gasteiger charge is -2.29. The second-order valence-electron chi connectivity index (χ2n) is 7.52. The Labute approximate surface area is 177 Å². The van der Waals surface area contributed by atoms with Gasteiger partial charge in [0.25, 0.3) is 5.91 Å². The number of fused-ring (bicyclic) bond motifs is 1. The molecule has 1 N–H and O–H groups in total. The molecule has 0 aliphatic carbocycles. The van der Waals surface area contributed by atoms with Gasteiger partial charge in [0, 0.05) is 24.1 Å². The Bertz CT molecular complexity index is 1200. The number of nitrogens with zero attached hydrogens (tertiary/aromatic N) is 4. The maximum atomic E-state index is 12.8. The molecule has 31 heavy (non-hydrogen) atoms. The van der Waals surface area contributed by atoms with E-state index in [1.807, 2.05) is 36.5 Å². The molecule has 2 aliphatic rings. The van der Waals surface area contributed by atoms with Crippen LogP contribution in [0.3, 0.4) is 0 Å². The molecule has 156 valence electrons. The van der Waals surface area contributed by atoms with Crippen LogP contribution in [0.1, 0.15) is 28.8 Å². The number of benzene rings is 2. The van der Waals surface area contributed by atoms with E-state index in [4.69, 9.17) is 4.74 Å². The summed E-state index contributed by atoms with van der Waals surface area (Å²) >= 11 is 0. The standard InChI is InChI=1S/C22H19N5O4/c1-31-16-5-2-13(3-6-16)18-12-27(25-24-18)15-4-7-17-14(10-15)11-26(22(17)30)19-8-9-20(28)23-21(19)29/h2-7,10,12,19H,8-9,11H2,1H3,(H,23,28,29).